The van der Waals surface area contributed by atoms with Gasteiger partial charge in [0, 0.05) is 0 Å². The number of methoxy groups -OCH3 is 1. The molecule has 0 saturated carbocycles. The van der Waals surface area contributed by atoms with Crippen LogP contribution in [0.25, 0.3) is 6.08 Å². The van der Waals surface area contributed by atoms with E-state index in [1.54, 1.807) is 43.3 Å². The molecule has 0 aliphatic carbocycles. The largest absolute Gasteiger partial charge is 0.493 e. The van der Waals surface area contributed by atoms with Gasteiger partial charge in [-0.25, -0.2) is 9.18 Å². The fourth-order valence-electron chi connectivity index (χ4n) is 2.32. The van der Waals surface area contributed by atoms with Crippen LogP contribution in [-0.4, -0.2) is 18.8 Å². The molecule has 0 amide bonds. The monoisotopic (exact) mass is 341 g/mol. The molecule has 0 N–H and O–H groups in total. The number of ether oxygens (including phenoxy) is 2. The SMILES string of the molecule is COc1cc(/C=C2\C(=O)ON=C2C)ccc1OCc1ccc(F)cc1. The maximum atomic E-state index is 12.9. The highest BCUT2D eigenvalue weighted by molar-refractivity contribution is 6.24. The standard InChI is InChI=1S/C19H16FNO4/c1-12-16(19(22)25-21-12)9-14-5-8-17(18(10-14)23-2)24-11-13-3-6-15(20)7-4-13/h3-10H,11H2,1-2H3/b16-9-. The topological polar surface area (TPSA) is 57.1 Å². The summed E-state index contributed by atoms with van der Waals surface area (Å²) >= 11 is 0. The number of nitrogens with zero attached hydrogens (tertiary/aromatic N) is 1. The van der Waals surface area contributed by atoms with Gasteiger partial charge in [0.2, 0.25) is 0 Å². The average Bonchev–Trinajstić information content (AvgIpc) is 2.93. The van der Waals surface area contributed by atoms with E-state index in [0.29, 0.717) is 22.8 Å². The van der Waals surface area contributed by atoms with Crippen LogP contribution in [0.5, 0.6) is 11.5 Å². The molecule has 25 heavy (non-hydrogen) atoms. The smallest absolute Gasteiger partial charge is 0.367 e. The van der Waals surface area contributed by atoms with Gasteiger partial charge in [0.1, 0.15) is 12.4 Å². The molecule has 1 heterocycles. The van der Waals surface area contributed by atoms with Crippen LogP contribution in [0, 0.1) is 5.82 Å². The van der Waals surface area contributed by atoms with Crippen molar-refractivity contribution in [1.29, 1.82) is 0 Å². The fraction of sp³-hybridized carbons (Fsp3) is 0.158. The lowest BCUT2D eigenvalue weighted by molar-refractivity contribution is -0.136. The number of carbonyl (C=O) groups is 1. The average molecular weight is 341 g/mol. The Morgan fingerprint density at radius 2 is 1.92 bits per heavy atom. The van der Waals surface area contributed by atoms with E-state index in [2.05, 4.69) is 9.99 Å². The Morgan fingerprint density at radius 3 is 2.56 bits per heavy atom. The molecule has 0 atom stereocenters. The number of rotatable bonds is 5. The second-order valence-electron chi connectivity index (χ2n) is 5.44. The summed E-state index contributed by atoms with van der Waals surface area (Å²) in [5.41, 5.74) is 2.53. The van der Waals surface area contributed by atoms with Gasteiger partial charge in [-0.3, -0.25) is 0 Å². The molecule has 0 bridgehead atoms. The maximum Gasteiger partial charge on any atom is 0.367 e. The zero-order valence-corrected chi connectivity index (χ0v) is 13.8. The number of carbonyl (C=O) groups excluding carboxylic acids is 1. The third kappa shape index (κ3) is 3.85. The van der Waals surface area contributed by atoms with Crippen molar-refractivity contribution in [2.45, 2.75) is 13.5 Å². The second kappa shape index (κ2) is 7.17. The summed E-state index contributed by atoms with van der Waals surface area (Å²) in [6.45, 7) is 1.99. The molecule has 0 fully saturated rings. The predicted molar refractivity (Wildman–Crippen MR) is 90.9 cm³/mol. The van der Waals surface area contributed by atoms with Crippen LogP contribution >= 0.6 is 0 Å². The predicted octanol–water partition coefficient (Wildman–Crippen LogP) is 3.73. The molecule has 1 aliphatic rings. The quantitative estimate of drug-likeness (QED) is 0.614. The summed E-state index contributed by atoms with van der Waals surface area (Å²) < 4.78 is 24.0. The van der Waals surface area contributed by atoms with Gasteiger partial charge in [-0.1, -0.05) is 23.4 Å². The van der Waals surface area contributed by atoms with Crippen molar-refractivity contribution in [3.05, 3.63) is 65.0 Å². The number of benzene rings is 2. The van der Waals surface area contributed by atoms with Crippen molar-refractivity contribution in [2.75, 3.05) is 7.11 Å². The first-order chi connectivity index (χ1) is 12.1. The molecule has 0 aromatic heterocycles. The molecule has 0 saturated heterocycles. The van der Waals surface area contributed by atoms with E-state index in [4.69, 9.17) is 9.47 Å². The van der Waals surface area contributed by atoms with E-state index >= 15 is 0 Å². The van der Waals surface area contributed by atoms with Gasteiger partial charge in [0.25, 0.3) is 0 Å². The second-order valence-corrected chi connectivity index (χ2v) is 5.44. The van der Waals surface area contributed by atoms with Crippen molar-refractivity contribution in [2.24, 2.45) is 5.16 Å². The van der Waals surface area contributed by atoms with Gasteiger partial charge < -0.3 is 14.3 Å². The van der Waals surface area contributed by atoms with Crippen LogP contribution in [0.3, 0.4) is 0 Å². The van der Waals surface area contributed by atoms with Crippen LogP contribution in [0.4, 0.5) is 4.39 Å². The minimum atomic E-state index is -0.479. The number of hydrogen-bond acceptors (Lipinski definition) is 5. The van der Waals surface area contributed by atoms with E-state index < -0.39 is 5.97 Å². The van der Waals surface area contributed by atoms with Gasteiger partial charge in [0.05, 0.1) is 18.4 Å². The van der Waals surface area contributed by atoms with Gasteiger partial charge in [-0.15, -0.1) is 0 Å². The number of oxime groups is 1. The lowest BCUT2D eigenvalue weighted by Crippen LogP contribution is -2.02. The van der Waals surface area contributed by atoms with E-state index in [9.17, 15) is 9.18 Å². The Hall–Kier alpha value is -3.15. The Labute approximate surface area is 144 Å². The van der Waals surface area contributed by atoms with Crippen molar-refractivity contribution in [1.82, 2.24) is 0 Å². The third-order valence-corrected chi connectivity index (χ3v) is 3.68. The van der Waals surface area contributed by atoms with E-state index in [0.717, 1.165) is 11.1 Å². The van der Waals surface area contributed by atoms with Gasteiger partial charge in [-0.05, 0) is 48.4 Å². The summed E-state index contributed by atoms with van der Waals surface area (Å²) in [5, 5.41) is 3.64. The highest BCUT2D eigenvalue weighted by Crippen LogP contribution is 2.30. The summed E-state index contributed by atoms with van der Waals surface area (Å²) in [6, 6.07) is 11.4. The van der Waals surface area contributed by atoms with E-state index in [1.165, 1.54) is 19.2 Å². The molecule has 5 nitrogen and oxygen atoms in total. The van der Waals surface area contributed by atoms with E-state index in [1.807, 2.05) is 0 Å². The Bertz CT molecular complexity index is 856. The first-order valence-corrected chi connectivity index (χ1v) is 7.60. The minimum absolute atomic E-state index is 0.287. The van der Waals surface area contributed by atoms with E-state index in [-0.39, 0.29) is 12.4 Å². The van der Waals surface area contributed by atoms with Crippen LogP contribution in [-0.2, 0) is 16.2 Å². The van der Waals surface area contributed by atoms with Crippen molar-refractivity contribution in [3.8, 4) is 11.5 Å². The molecular formula is C19H16FNO4. The Morgan fingerprint density at radius 1 is 1.16 bits per heavy atom. The van der Waals surface area contributed by atoms with Crippen LogP contribution < -0.4 is 9.47 Å². The molecule has 0 radical (unpaired) electrons. The van der Waals surface area contributed by atoms with Crippen LogP contribution in [0.1, 0.15) is 18.1 Å². The number of hydrogen-bond donors (Lipinski definition) is 0. The molecule has 2 aromatic carbocycles. The summed E-state index contributed by atoms with van der Waals surface area (Å²) in [5.74, 6) is 0.307. The lowest BCUT2D eigenvalue weighted by atomic mass is 10.1. The highest BCUT2D eigenvalue weighted by Gasteiger charge is 2.21. The summed E-state index contributed by atoms with van der Waals surface area (Å²) in [4.78, 5) is 16.2. The minimum Gasteiger partial charge on any atom is -0.493 e. The van der Waals surface area contributed by atoms with Crippen LogP contribution in [0.2, 0.25) is 0 Å². The third-order valence-electron chi connectivity index (χ3n) is 3.68. The Kier molecular flexibility index (Phi) is 4.79. The first-order valence-electron chi connectivity index (χ1n) is 7.60. The molecular weight excluding hydrogens is 325 g/mol. The summed E-state index contributed by atoms with van der Waals surface area (Å²) in [6.07, 6.45) is 1.68. The molecule has 0 unspecified atom stereocenters. The maximum absolute atomic E-state index is 12.9. The van der Waals surface area contributed by atoms with Gasteiger partial charge in [0.15, 0.2) is 11.5 Å². The summed E-state index contributed by atoms with van der Waals surface area (Å²) in [7, 11) is 1.54. The molecule has 0 spiro atoms. The molecule has 3 rings (SSSR count). The number of halogens is 1. The first kappa shape index (κ1) is 16.7. The molecule has 2 aromatic rings. The highest BCUT2D eigenvalue weighted by atomic mass is 19.1. The van der Waals surface area contributed by atoms with Crippen molar-refractivity contribution in [3.63, 3.8) is 0 Å². The molecule has 6 heteroatoms. The van der Waals surface area contributed by atoms with Crippen LogP contribution in [0.15, 0.2) is 53.2 Å². The van der Waals surface area contributed by atoms with Crippen molar-refractivity contribution < 1.29 is 23.5 Å². The van der Waals surface area contributed by atoms with Gasteiger partial charge >= 0.3 is 5.97 Å². The molecule has 128 valence electrons. The fourth-order valence-corrected chi connectivity index (χ4v) is 2.32. The lowest BCUT2D eigenvalue weighted by Gasteiger charge is -2.11. The van der Waals surface area contributed by atoms with Gasteiger partial charge in [-0.2, -0.15) is 0 Å². The zero-order chi connectivity index (χ0) is 17.8. The van der Waals surface area contributed by atoms with Crippen molar-refractivity contribution >= 4 is 17.8 Å². The Balaban J connectivity index is 1.78. The molecule has 1 aliphatic heterocycles. The zero-order valence-electron chi connectivity index (χ0n) is 13.8. The normalized spacial score (nSPS) is 15.1.